The van der Waals surface area contributed by atoms with Gasteiger partial charge in [-0.25, -0.2) is 0 Å². The van der Waals surface area contributed by atoms with E-state index in [1.165, 1.54) is 21.8 Å². The van der Waals surface area contributed by atoms with Crippen LogP contribution in [0.3, 0.4) is 0 Å². The van der Waals surface area contributed by atoms with Gasteiger partial charge in [0.25, 0.3) is 0 Å². The highest BCUT2D eigenvalue weighted by atomic mass is 16.5. The summed E-state index contributed by atoms with van der Waals surface area (Å²) in [4.78, 5) is 4.79. The van der Waals surface area contributed by atoms with E-state index in [1.807, 2.05) is 19.1 Å². The lowest BCUT2D eigenvalue weighted by Crippen LogP contribution is -2.71. The lowest BCUT2D eigenvalue weighted by molar-refractivity contribution is -0.477. The van der Waals surface area contributed by atoms with E-state index in [4.69, 9.17) is 9.72 Å². The Morgan fingerprint density at radius 3 is 2.46 bits per heavy atom. The Morgan fingerprint density at radius 2 is 1.67 bits per heavy atom. The lowest BCUT2D eigenvalue weighted by atomic mass is 10.0. The first-order valence-electron chi connectivity index (χ1n) is 8.02. The van der Waals surface area contributed by atoms with Gasteiger partial charge in [0.2, 0.25) is 0 Å². The second-order valence-electron chi connectivity index (χ2n) is 5.95. The predicted molar refractivity (Wildman–Crippen MR) is 98.2 cm³/mol. The van der Waals surface area contributed by atoms with Crippen molar-refractivity contribution in [2.75, 3.05) is 7.11 Å². The van der Waals surface area contributed by atoms with Gasteiger partial charge in [-0.15, -0.1) is 0 Å². The highest BCUT2D eigenvalue weighted by Crippen LogP contribution is 2.28. The number of hydrogen-bond donors (Lipinski definition) is 1. The van der Waals surface area contributed by atoms with E-state index in [0.29, 0.717) is 0 Å². The molecule has 4 rings (SSSR count). The maximum absolute atomic E-state index is 5.23. The predicted octanol–water partition coefficient (Wildman–Crippen LogP) is 4.23. The van der Waals surface area contributed by atoms with Crippen molar-refractivity contribution < 1.29 is 10.1 Å². The summed E-state index contributed by atoms with van der Waals surface area (Å²) in [6, 6.07) is 23.0. The summed E-state index contributed by atoms with van der Waals surface area (Å²) < 4.78 is 5.23. The second kappa shape index (κ2) is 5.95. The zero-order valence-corrected chi connectivity index (χ0v) is 13.8. The molecule has 0 saturated carbocycles. The van der Waals surface area contributed by atoms with Crippen LogP contribution >= 0.6 is 0 Å². The number of aryl methyl sites for hydroxylation is 1. The Morgan fingerprint density at radius 1 is 0.875 bits per heavy atom. The minimum Gasteiger partial charge on any atom is -0.497 e. The monoisotopic (exact) mass is 315 g/mol. The molecule has 4 aromatic rings. The lowest BCUT2D eigenvalue weighted by Gasteiger charge is -2.09. The maximum Gasteiger partial charge on any atom is 0.145 e. The van der Waals surface area contributed by atoms with Gasteiger partial charge in [-0.2, -0.15) is 0 Å². The highest BCUT2D eigenvalue weighted by molar-refractivity contribution is 6.08. The van der Waals surface area contributed by atoms with Crippen molar-refractivity contribution in [1.82, 2.24) is 4.98 Å². The molecule has 0 saturated heterocycles. The molecule has 24 heavy (non-hydrogen) atoms. The Bertz CT molecular complexity index is 1020. The Hall–Kier alpha value is -2.91. The third-order valence-electron chi connectivity index (χ3n) is 4.30. The molecule has 118 valence electrons. The summed E-state index contributed by atoms with van der Waals surface area (Å²) >= 11 is 0. The highest BCUT2D eigenvalue weighted by Gasteiger charge is 2.11. The van der Waals surface area contributed by atoms with E-state index < -0.39 is 0 Å². The van der Waals surface area contributed by atoms with Crippen LogP contribution in [-0.4, -0.2) is 12.1 Å². The molecule has 0 aliphatic carbocycles. The maximum atomic E-state index is 5.23. The van der Waals surface area contributed by atoms with Gasteiger partial charge in [0.15, 0.2) is 0 Å². The van der Waals surface area contributed by atoms with E-state index in [-0.39, 0.29) is 0 Å². The van der Waals surface area contributed by atoms with Gasteiger partial charge in [0.05, 0.1) is 18.0 Å². The smallest absolute Gasteiger partial charge is 0.145 e. The molecule has 0 unspecified atom stereocenters. The first kappa shape index (κ1) is 14.7. The molecule has 0 atom stereocenters. The van der Waals surface area contributed by atoms with Crippen molar-refractivity contribution >= 4 is 33.1 Å². The van der Waals surface area contributed by atoms with Crippen molar-refractivity contribution in [3.63, 3.8) is 0 Å². The van der Waals surface area contributed by atoms with Crippen LogP contribution in [0.4, 0.5) is 11.4 Å². The minimum atomic E-state index is 0.869. The minimum absolute atomic E-state index is 0.869. The SMILES string of the molecule is COc1ccc([NH2+]c2cc(C)nc3c2ccc2ccccc23)cc1. The number of methoxy groups -OCH3 is 1. The van der Waals surface area contributed by atoms with Gasteiger partial charge in [-0.05, 0) is 30.5 Å². The number of benzene rings is 3. The molecule has 0 aliphatic heterocycles. The molecule has 1 aromatic heterocycles. The quantitative estimate of drug-likeness (QED) is 0.454. The van der Waals surface area contributed by atoms with Crippen molar-refractivity contribution in [2.24, 2.45) is 0 Å². The standard InChI is InChI=1S/C21H18N2O/c1-14-13-20(23-16-8-10-17(24-2)11-9-16)19-12-7-15-5-3-4-6-18(15)21(19)22-14/h3-13H,1-2H3,(H,22,23)/p+1. The van der Waals surface area contributed by atoms with Crippen molar-refractivity contribution in [2.45, 2.75) is 6.92 Å². The van der Waals surface area contributed by atoms with E-state index in [1.54, 1.807) is 7.11 Å². The van der Waals surface area contributed by atoms with Gasteiger partial charge in [0, 0.05) is 29.3 Å². The molecule has 0 radical (unpaired) electrons. The summed E-state index contributed by atoms with van der Waals surface area (Å²) in [6.45, 7) is 2.05. The van der Waals surface area contributed by atoms with Crippen LogP contribution in [0.25, 0.3) is 21.7 Å². The number of pyridine rings is 1. The van der Waals surface area contributed by atoms with Gasteiger partial charge >= 0.3 is 0 Å². The number of nitrogens with two attached hydrogens (primary N) is 1. The molecule has 0 amide bonds. The van der Waals surface area contributed by atoms with Crippen LogP contribution in [0.2, 0.25) is 0 Å². The van der Waals surface area contributed by atoms with Crippen molar-refractivity contribution in [1.29, 1.82) is 0 Å². The summed E-state index contributed by atoms with van der Waals surface area (Å²) in [6.07, 6.45) is 0. The molecular weight excluding hydrogens is 296 g/mol. The Balaban J connectivity index is 1.86. The van der Waals surface area contributed by atoms with E-state index in [0.717, 1.165) is 22.6 Å². The normalized spacial score (nSPS) is 11.1. The van der Waals surface area contributed by atoms with Crippen LogP contribution in [0.5, 0.6) is 5.75 Å². The summed E-state index contributed by atoms with van der Waals surface area (Å²) in [5, 5.41) is 5.79. The first-order valence-corrected chi connectivity index (χ1v) is 8.02. The number of nitrogens with zero attached hydrogens (tertiary/aromatic N) is 1. The number of aromatic nitrogens is 1. The average molecular weight is 315 g/mol. The van der Waals surface area contributed by atoms with Crippen LogP contribution in [0.15, 0.2) is 66.7 Å². The second-order valence-corrected chi connectivity index (χ2v) is 5.95. The van der Waals surface area contributed by atoms with Crippen LogP contribution in [0, 0.1) is 6.92 Å². The fourth-order valence-electron chi connectivity index (χ4n) is 3.12. The Kier molecular flexibility index (Phi) is 3.63. The molecule has 0 fully saturated rings. The van der Waals surface area contributed by atoms with Crippen molar-refractivity contribution in [3.8, 4) is 5.75 Å². The summed E-state index contributed by atoms with van der Waals surface area (Å²) in [5.41, 5.74) is 4.43. The largest absolute Gasteiger partial charge is 0.497 e. The molecule has 1 heterocycles. The zero-order valence-electron chi connectivity index (χ0n) is 13.8. The molecule has 3 heteroatoms. The average Bonchev–Trinajstić information content (AvgIpc) is 2.62. The van der Waals surface area contributed by atoms with E-state index in [9.17, 15) is 0 Å². The van der Waals surface area contributed by atoms with Crippen molar-refractivity contribution in [3.05, 3.63) is 72.4 Å². The third-order valence-corrected chi connectivity index (χ3v) is 4.30. The molecule has 0 aliphatic rings. The fraction of sp³-hybridized carbons (Fsp3) is 0.0952. The number of ether oxygens (including phenoxy) is 1. The molecule has 0 bridgehead atoms. The number of hydrogen-bond acceptors (Lipinski definition) is 2. The van der Waals surface area contributed by atoms with E-state index >= 15 is 0 Å². The zero-order chi connectivity index (χ0) is 16.5. The number of rotatable bonds is 3. The van der Waals surface area contributed by atoms with Gasteiger partial charge in [0.1, 0.15) is 17.1 Å². The molecule has 2 N–H and O–H groups in total. The summed E-state index contributed by atoms with van der Waals surface area (Å²) in [5.74, 6) is 0.869. The van der Waals surface area contributed by atoms with Crippen LogP contribution in [0.1, 0.15) is 5.69 Å². The topological polar surface area (TPSA) is 38.7 Å². The number of quaternary nitrogens is 1. The van der Waals surface area contributed by atoms with Gasteiger partial charge in [-0.3, -0.25) is 10.3 Å². The summed E-state index contributed by atoms with van der Waals surface area (Å²) in [7, 11) is 1.68. The molecule has 0 spiro atoms. The van der Waals surface area contributed by atoms with Gasteiger partial charge < -0.3 is 4.74 Å². The first-order chi connectivity index (χ1) is 11.7. The van der Waals surface area contributed by atoms with Gasteiger partial charge in [-0.1, -0.05) is 30.3 Å². The Labute approximate surface area is 140 Å². The number of fused-ring (bicyclic) bond motifs is 3. The fourth-order valence-corrected chi connectivity index (χ4v) is 3.12. The molecular formula is C21H19N2O+. The van der Waals surface area contributed by atoms with Crippen LogP contribution in [-0.2, 0) is 0 Å². The molecule has 3 aromatic carbocycles. The third kappa shape index (κ3) is 2.59. The molecule has 3 nitrogen and oxygen atoms in total. The van der Waals surface area contributed by atoms with Crippen LogP contribution < -0.4 is 10.1 Å². The van der Waals surface area contributed by atoms with E-state index in [2.05, 4.69) is 59.9 Å².